The quantitative estimate of drug-likeness (QED) is 0.833. The molecular weight excluding hydrogens is 316 g/mol. The van der Waals surface area contributed by atoms with Crippen molar-refractivity contribution in [3.8, 4) is 0 Å². The molecule has 6 heteroatoms. The van der Waals surface area contributed by atoms with Crippen LogP contribution in [0.15, 0.2) is 6.20 Å². The summed E-state index contributed by atoms with van der Waals surface area (Å²) in [5.74, 6) is 1.15. The van der Waals surface area contributed by atoms with E-state index in [0.717, 1.165) is 56.8 Å². The van der Waals surface area contributed by atoms with Gasteiger partial charge in [-0.05, 0) is 24.8 Å². The predicted molar refractivity (Wildman–Crippen MR) is 94.1 cm³/mol. The second kappa shape index (κ2) is 7.38. The molecular formula is C19H28N4O2. The number of carbonyl (C=O) groups is 1. The average molecular weight is 344 g/mol. The number of aromatic nitrogens is 2. The number of hydrogen-bond acceptors (Lipinski definition) is 5. The van der Waals surface area contributed by atoms with Gasteiger partial charge in [-0.1, -0.05) is 19.8 Å². The van der Waals surface area contributed by atoms with Gasteiger partial charge in [-0.3, -0.25) is 9.69 Å². The van der Waals surface area contributed by atoms with Crippen LogP contribution >= 0.6 is 0 Å². The molecule has 1 aliphatic carbocycles. The molecule has 3 heterocycles. The van der Waals surface area contributed by atoms with Crippen LogP contribution in [0.25, 0.3) is 0 Å². The molecule has 1 saturated carbocycles. The van der Waals surface area contributed by atoms with Gasteiger partial charge in [-0.15, -0.1) is 0 Å². The van der Waals surface area contributed by atoms with Crippen molar-refractivity contribution in [1.29, 1.82) is 0 Å². The van der Waals surface area contributed by atoms with E-state index in [4.69, 9.17) is 4.74 Å². The first-order chi connectivity index (χ1) is 12.2. The molecule has 1 aromatic rings. The second-order valence-corrected chi connectivity index (χ2v) is 7.42. The lowest BCUT2D eigenvalue weighted by Crippen LogP contribution is -2.57. The Morgan fingerprint density at radius 2 is 2.20 bits per heavy atom. The van der Waals surface area contributed by atoms with E-state index in [1.807, 2.05) is 6.20 Å². The largest absolute Gasteiger partial charge is 0.374 e. The van der Waals surface area contributed by atoms with Crippen molar-refractivity contribution in [3.05, 3.63) is 23.3 Å². The van der Waals surface area contributed by atoms with Crippen LogP contribution in [0.1, 0.15) is 49.7 Å². The lowest BCUT2D eigenvalue weighted by Gasteiger charge is -2.44. The topological polar surface area (TPSA) is 58.6 Å². The summed E-state index contributed by atoms with van der Waals surface area (Å²) in [5, 5.41) is 0. The molecule has 0 bridgehead atoms. The molecule has 6 nitrogen and oxygen atoms in total. The number of rotatable bonds is 3. The molecule has 4 rings (SSSR count). The summed E-state index contributed by atoms with van der Waals surface area (Å²) in [6, 6.07) is 0.293. The average Bonchev–Trinajstić information content (AvgIpc) is 2.66. The molecule has 25 heavy (non-hydrogen) atoms. The fourth-order valence-corrected chi connectivity index (χ4v) is 4.39. The van der Waals surface area contributed by atoms with Crippen LogP contribution in [0.4, 0.5) is 0 Å². The maximum Gasteiger partial charge on any atom is 0.237 e. The lowest BCUT2D eigenvalue weighted by atomic mass is 9.90. The molecule has 2 fully saturated rings. The second-order valence-electron chi connectivity index (χ2n) is 7.42. The normalized spacial score (nSPS) is 26.8. The maximum absolute atomic E-state index is 13.0. The Balaban J connectivity index is 1.40. The highest BCUT2D eigenvalue weighted by atomic mass is 16.5. The molecule has 1 amide bonds. The Hall–Kier alpha value is -1.53. The highest BCUT2D eigenvalue weighted by Crippen LogP contribution is 2.28. The molecule has 2 aliphatic heterocycles. The van der Waals surface area contributed by atoms with Crippen LogP contribution in [0.2, 0.25) is 0 Å². The zero-order chi connectivity index (χ0) is 17.2. The van der Waals surface area contributed by atoms with E-state index < -0.39 is 0 Å². The van der Waals surface area contributed by atoms with Crippen molar-refractivity contribution in [3.63, 3.8) is 0 Å². The molecule has 0 spiro atoms. The van der Waals surface area contributed by atoms with E-state index in [1.165, 1.54) is 18.4 Å². The molecule has 1 saturated heterocycles. The molecule has 0 unspecified atom stereocenters. The summed E-state index contributed by atoms with van der Waals surface area (Å²) in [6.07, 6.45) is 8.63. The number of fused-ring (bicyclic) bond motifs is 2. The van der Waals surface area contributed by atoms with Crippen molar-refractivity contribution in [1.82, 2.24) is 19.8 Å². The van der Waals surface area contributed by atoms with Crippen LogP contribution in [0, 0.1) is 0 Å². The number of carbonyl (C=O) groups excluding carboxylic acids is 1. The van der Waals surface area contributed by atoms with Gasteiger partial charge in [-0.25, -0.2) is 9.97 Å². The lowest BCUT2D eigenvalue weighted by molar-refractivity contribution is -0.150. The van der Waals surface area contributed by atoms with Crippen LogP contribution in [0.3, 0.4) is 0 Å². The first-order valence-electron chi connectivity index (χ1n) is 9.71. The van der Waals surface area contributed by atoms with Gasteiger partial charge >= 0.3 is 0 Å². The number of aryl methyl sites for hydroxylation is 1. The zero-order valence-electron chi connectivity index (χ0n) is 15.1. The Morgan fingerprint density at radius 3 is 3.08 bits per heavy atom. The van der Waals surface area contributed by atoms with Crippen molar-refractivity contribution in [2.24, 2.45) is 0 Å². The van der Waals surface area contributed by atoms with E-state index in [9.17, 15) is 4.79 Å². The highest BCUT2D eigenvalue weighted by Gasteiger charge is 2.37. The van der Waals surface area contributed by atoms with Gasteiger partial charge < -0.3 is 9.64 Å². The Bertz CT molecular complexity index is 634. The highest BCUT2D eigenvalue weighted by molar-refractivity contribution is 5.78. The smallest absolute Gasteiger partial charge is 0.237 e. The van der Waals surface area contributed by atoms with E-state index >= 15 is 0 Å². The minimum absolute atomic E-state index is 0.258. The number of nitrogens with zero attached hydrogens (tertiary/aromatic N) is 4. The van der Waals surface area contributed by atoms with Gasteiger partial charge in [0.2, 0.25) is 5.91 Å². The Labute approximate surface area is 149 Å². The van der Waals surface area contributed by atoms with E-state index in [0.29, 0.717) is 19.2 Å². The zero-order valence-corrected chi connectivity index (χ0v) is 15.1. The first kappa shape index (κ1) is 16.9. The van der Waals surface area contributed by atoms with Crippen molar-refractivity contribution in [2.75, 3.05) is 26.2 Å². The molecule has 0 aromatic carbocycles. The number of ether oxygens (including phenoxy) is 1. The van der Waals surface area contributed by atoms with Gasteiger partial charge in [0, 0.05) is 32.3 Å². The number of morpholine rings is 1. The summed E-state index contributed by atoms with van der Waals surface area (Å²) in [6.45, 7) is 5.66. The monoisotopic (exact) mass is 344 g/mol. The number of hydrogen-bond donors (Lipinski definition) is 0. The van der Waals surface area contributed by atoms with Crippen molar-refractivity contribution < 1.29 is 9.53 Å². The summed E-state index contributed by atoms with van der Waals surface area (Å²) in [5.41, 5.74) is 2.34. The van der Waals surface area contributed by atoms with Gasteiger partial charge in [0.1, 0.15) is 5.82 Å². The molecule has 1 aromatic heterocycles. The van der Waals surface area contributed by atoms with Crippen LogP contribution in [-0.4, -0.2) is 64.1 Å². The molecule has 2 atom stereocenters. The van der Waals surface area contributed by atoms with E-state index in [1.54, 1.807) is 0 Å². The van der Waals surface area contributed by atoms with Crippen LogP contribution < -0.4 is 0 Å². The summed E-state index contributed by atoms with van der Waals surface area (Å²) in [4.78, 5) is 26.4. The van der Waals surface area contributed by atoms with Gasteiger partial charge in [-0.2, -0.15) is 0 Å². The van der Waals surface area contributed by atoms with Gasteiger partial charge in [0.15, 0.2) is 0 Å². The molecule has 0 N–H and O–H groups in total. The van der Waals surface area contributed by atoms with Crippen molar-refractivity contribution in [2.45, 2.75) is 64.1 Å². The third-order valence-corrected chi connectivity index (χ3v) is 5.80. The first-order valence-corrected chi connectivity index (χ1v) is 9.71. The third kappa shape index (κ3) is 3.55. The standard InChI is InChI=1S/C19H28N4O2/c1-2-18-20-11-14-7-8-22(12-15(14)21-18)13-19(24)23-9-10-25-17-6-4-3-5-16(17)23/h11,16-17H,2-10,12-13H2,1H3/t16-,17+/m1/s1. The predicted octanol–water partition coefficient (Wildman–Crippen LogP) is 1.57. The minimum Gasteiger partial charge on any atom is -0.374 e. The SMILES string of the molecule is CCc1ncc2c(n1)CN(CC(=O)N1CCO[C@H]3CCCC[C@H]31)CC2. The van der Waals surface area contributed by atoms with Crippen LogP contribution in [0.5, 0.6) is 0 Å². The minimum atomic E-state index is 0.258. The van der Waals surface area contributed by atoms with E-state index in [-0.39, 0.29) is 12.0 Å². The Morgan fingerprint density at radius 1 is 1.32 bits per heavy atom. The fourth-order valence-electron chi connectivity index (χ4n) is 4.39. The van der Waals surface area contributed by atoms with Crippen LogP contribution in [-0.2, 0) is 28.9 Å². The van der Waals surface area contributed by atoms with E-state index in [2.05, 4.69) is 26.7 Å². The third-order valence-electron chi connectivity index (χ3n) is 5.80. The molecule has 3 aliphatic rings. The summed E-state index contributed by atoms with van der Waals surface area (Å²) >= 11 is 0. The fraction of sp³-hybridized carbons (Fsp3) is 0.737. The molecule has 0 radical (unpaired) electrons. The van der Waals surface area contributed by atoms with Crippen molar-refractivity contribution >= 4 is 5.91 Å². The molecule has 136 valence electrons. The van der Waals surface area contributed by atoms with Gasteiger partial charge in [0.05, 0.1) is 31.0 Å². The number of amides is 1. The maximum atomic E-state index is 13.0. The Kier molecular flexibility index (Phi) is 4.99. The van der Waals surface area contributed by atoms with Gasteiger partial charge in [0.25, 0.3) is 0 Å². The summed E-state index contributed by atoms with van der Waals surface area (Å²) in [7, 11) is 0. The summed E-state index contributed by atoms with van der Waals surface area (Å²) < 4.78 is 5.90.